The molecule has 1 aliphatic rings. The first-order valence-corrected chi connectivity index (χ1v) is 6.82. The van der Waals surface area contributed by atoms with Gasteiger partial charge >= 0.3 is 0 Å². The second kappa shape index (κ2) is 5.97. The number of phenolic OH excluding ortho intramolecular Hbond substituents is 1. The molecule has 0 saturated carbocycles. The number of nitrogens with zero attached hydrogens (tertiary/aromatic N) is 1. The molecule has 1 aromatic carbocycles. The van der Waals surface area contributed by atoms with Crippen molar-refractivity contribution in [3.63, 3.8) is 0 Å². The Morgan fingerprint density at radius 2 is 2.25 bits per heavy atom. The number of aromatic hydroxyl groups is 1. The number of ether oxygens (including phenoxy) is 1. The van der Waals surface area contributed by atoms with Gasteiger partial charge in [0.2, 0.25) is 0 Å². The first-order valence-electron chi connectivity index (χ1n) is 6.44. The van der Waals surface area contributed by atoms with Gasteiger partial charge in [-0.05, 0) is 24.5 Å². The maximum Gasteiger partial charge on any atom is 0.254 e. The lowest BCUT2D eigenvalue weighted by Crippen LogP contribution is -2.46. The molecular weight excluding hydrogens is 285 g/mol. The molecule has 20 heavy (non-hydrogen) atoms. The van der Waals surface area contributed by atoms with Crippen LogP contribution in [0.2, 0.25) is 5.02 Å². The number of hydrogen-bond acceptors (Lipinski definition) is 3. The van der Waals surface area contributed by atoms with Crippen molar-refractivity contribution in [2.45, 2.75) is 19.4 Å². The second-order valence-electron chi connectivity index (χ2n) is 5.08. The van der Waals surface area contributed by atoms with Crippen LogP contribution in [0.3, 0.4) is 0 Å². The summed E-state index contributed by atoms with van der Waals surface area (Å²) in [5, 5.41) is 9.12. The number of carbonyl (C=O) groups excluding carboxylic acids is 1. The number of amides is 1. The van der Waals surface area contributed by atoms with Crippen molar-refractivity contribution in [3.05, 3.63) is 28.5 Å². The van der Waals surface area contributed by atoms with Gasteiger partial charge in [0, 0.05) is 25.8 Å². The van der Waals surface area contributed by atoms with E-state index in [0.717, 1.165) is 12.5 Å². The molecule has 110 valence electrons. The predicted molar refractivity (Wildman–Crippen MR) is 73.6 cm³/mol. The van der Waals surface area contributed by atoms with Crippen molar-refractivity contribution in [2.24, 2.45) is 5.92 Å². The smallest absolute Gasteiger partial charge is 0.254 e. The summed E-state index contributed by atoms with van der Waals surface area (Å²) in [6.07, 6.45) is 0.809. The number of likely N-dealkylation sites (tertiary alicyclic amines) is 1. The summed E-state index contributed by atoms with van der Waals surface area (Å²) in [5.74, 6) is -1.45. The van der Waals surface area contributed by atoms with Crippen LogP contribution < -0.4 is 0 Å². The molecule has 0 spiro atoms. The minimum absolute atomic E-state index is 0.0230. The van der Waals surface area contributed by atoms with E-state index in [9.17, 15) is 14.3 Å². The van der Waals surface area contributed by atoms with Crippen LogP contribution in [0.15, 0.2) is 12.1 Å². The third-order valence-electron chi connectivity index (χ3n) is 3.74. The highest BCUT2D eigenvalue weighted by molar-refractivity contribution is 6.32. The molecule has 1 heterocycles. The fourth-order valence-corrected chi connectivity index (χ4v) is 2.60. The molecule has 2 atom stereocenters. The molecule has 2 unspecified atom stereocenters. The quantitative estimate of drug-likeness (QED) is 0.913. The van der Waals surface area contributed by atoms with Gasteiger partial charge in [-0.25, -0.2) is 4.39 Å². The first-order chi connectivity index (χ1) is 9.43. The van der Waals surface area contributed by atoms with Crippen molar-refractivity contribution in [1.29, 1.82) is 0 Å². The van der Waals surface area contributed by atoms with Crippen LogP contribution in [0.4, 0.5) is 4.39 Å². The minimum atomic E-state index is -0.894. The van der Waals surface area contributed by atoms with E-state index >= 15 is 0 Å². The molecule has 6 heteroatoms. The zero-order valence-corrected chi connectivity index (χ0v) is 12.2. The van der Waals surface area contributed by atoms with Crippen LogP contribution in [0, 0.1) is 11.7 Å². The molecule has 1 N–H and O–H groups in total. The van der Waals surface area contributed by atoms with Gasteiger partial charge in [0.25, 0.3) is 5.91 Å². The van der Waals surface area contributed by atoms with Crippen molar-refractivity contribution in [2.75, 3.05) is 20.2 Å². The maximum atomic E-state index is 13.4. The summed E-state index contributed by atoms with van der Waals surface area (Å²) in [6.45, 7) is 3.14. The van der Waals surface area contributed by atoms with Crippen LogP contribution in [0.1, 0.15) is 23.7 Å². The Morgan fingerprint density at radius 1 is 1.55 bits per heavy atom. The monoisotopic (exact) mass is 301 g/mol. The van der Waals surface area contributed by atoms with Gasteiger partial charge in [-0.15, -0.1) is 0 Å². The van der Waals surface area contributed by atoms with E-state index in [1.54, 1.807) is 12.0 Å². The van der Waals surface area contributed by atoms with E-state index in [0.29, 0.717) is 19.0 Å². The number of methoxy groups -OCH3 is 1. The van der Waals surface area contributed by atoms with Gasteiger partial charge in [-0.2, -0.15) is 0 Å². The Hall–Kier alpha value is -1.33. The van der Waals surface area contributed by atoms with Crippen LogP contribution >= 0.6 is 11.6 Å². The Labute approximate surface area is 122 Å². The second-order valence-corrected chi connectivity index (χ2v) is 5.49. The number of hydrogen-bond donors (Lipinski definition) is 1. The van der Waals surface area contributed by atoms with E-state index in [4.69, 9.17) is 16.3 Å². The molecule has 0 radical (unpaired) electrons. The van der Waals surface area contributed by atoms with Crippen LogP contribution in [0.5, 0.6) is 5.75 Å². The molecule has 0 aliphatic carbocycles. The fraction of sp³-hybridized carbons (Fsp3) is 0.500. The summed E-state index contributed by atoms with van der Waals surface area (Å²) in [7, 11) is 1.62. The topological polar surface area (TPSA) is 49.8 Å². The van der Waals surface area contributed by atoms with E-state index in [1.165, 1.54) is 6.07 Å². The lowest BCUT2D eigenvalue weighted by molar-refractivity contribution is -0.00158. The third-order valence-corrected chi connectivity index (χ3v) is 4.03. The Kier molecular flexibility index (Phi) is 4.50. The number of carbonyl (C=O) groups is 1. The van der Waals surface area contributed by atoms with Crippen LogP contribution in [0.25, 0.3) is 0 Å². The van der Waals surface area contributed by atoms with Crippen LogP contribution in [-0.2, 0) is 4.74 Å². The standard InChI is InChI=1S/C14H17ClFNO3/c1-8-3-4-17(7-12(8)20-2)14(19)9-5-10(15)13(18)11(16)6-9/h5-6,8,12,18H,3-4,7H2,1-2H3. The summed E-state index contributed by atoms with van der Waals surface area (Å²) >= 11 is 5.70. The maximum absolute atomic E-state index is 13.4. The summed E-state index contributed by atoms with van der Waals surface area (Å²) < 4.78 is 18.8. The molecule has 1 amide bonds. The molecule has 1 aliphatic heterocycles. The number of phenols is 1. The predicted octanol–water partition coefficient (Wildman–Crippen LogP) is 2.68. The van der Waals surface area contributed by atoms with Gasteiger partial charge in [-0.3, -0.25) is 4.79 Å². The highest BCUT2D eigenvalue weighted by Gasteiger charge is 2.29. The normalized spacial score (nSPS) is 22.9. The zero-order chi connectivity index (χ0) is 14.9. The Balaban J connectivity index is 2.19. The van der Waals surface area contributed by atoms with E-state index < -0.39 is 11.6 Å². The molecule has 0 aromatic heterocycles. The number of piperidine rings is 1. The first kappa shape index (κ1) is 15.1. The lowest BCUT2D eigenvalue weighted by atomic mass is 9.95. The molecule has 2 rings (SSSR count). The minimum Gasteiger partial charge on any atom is -0.504 e. The summed E-state index contributed by atoms with van der Waals surface area (Å²) in [5.41, 5.74) is 0.134. The SMILES string of the molecule is COC1CN(C(=O)c2cc(F)c(O)c(Cl)c2)CCC1C. The Bertz CT molecular complexity index is 500. The van der Waals surface area contributed by atoms with Gasteiger partial charge < -0.3 is 14.7 Å². The largest absolute Gasteiger partial charge is 0.504 e. The van der Waals surface area contributed by atoms with Gasteiger partial charge in [0.05, 0.1) is 11.1 Å². The lowest BCUT2D eigenvalue weighted by Gasteiger charge is -2.36. The van der Waals surface area contributed by atoms with Crippen molar-refractivity contribution < 1.29 is 19.0 Å². The van der Waals surface area contributed by atoms with Crippen molar-refractivity contribution in [3.8, 4) is 5.75 Å². The number of halogens is 2. The van der Waals surface area contributed by atoms with Gasteiger partial charge in [-0.1, -0.05) is 18.5 Å². The molecule has 1 aromatic rings. The summed E-state index contributed by atoms with van der Waals surface area (Å²) in [4.78, 5) is 14.0. The van der Waals surface area contributed by atoms with E-state index in [-0.39, 0.29) is 22.6 Å². The van der Waals surface area contributed by atoms with Crippen LogP contribution in [-0.4, -0.2) is 42.2 Å². The highest BCUT2D eigenvalue weighted by Crippen LogP contribution is 2.29. The van der Waals surface area contributed by atoms with E-state index in [1.807, 2.05) is 0 Å². The van der Waals surface area contributed by atoms with Crippen molar-refractivity contribution in [1.82, 2.24) is 4.90 Å². The molecule has 0 bridgehead atoms. The van der Waals surface area contributed by atoms with E-state index in [2.05, 4.69) is 6.92 Å². The molecule has 4 nitrogen and oxygen atoms in total. The number of benzene rings is 1. The van der Waals surface area contributed by atoms with Crippen molar-refractivity contribution >= 4 is 17.5 Å². The highest BCUT2D eigenvalue weighted by atomic mass is 35.5. The molecule has 1 saturated heterocycles. The van der Waals surface area contributed by atoms with Gasteiger partial charge in [0.15, 0.2) is 11.6 Å². The molecular formula is C14H17ClFNO3. The third kappa shape index (κ3) is 2.88. The summed E-state index contributed by atoms with van der Waals surface area (Å²) in [6, 6.07) is 2.28. The number of rotatable bonds is 2. The average molecular weight is 302 g/mol. The fourth-order valence-electron chi connectivity index (χ4n) is 2.40. The Morgan fingerprint density at radius 3 is 2.85 bits per heavy atom. The average Bonchev–Trinajstić information content (AvgIpc) is 2.44. The molecule has 1 fully saturated rings. The zero-order valence-electron chi connectivity index (χ0n) is 11.4. The van der Waals surface area contributed by atoms with Gasteiger partial charge in [0.1, 0.15) is 0 Å².